The van der Waals surface area contributed by atoms with Crippen molar-refractivity contribution in [2.24, 2.45) is 0 Å². The number of phenolic OH excluding ortho intramolecular Hbond substituents is 1. The molecule has 0 aliphatic heterocycles. The molecular weight excluding hydrogens is 200 g/mol. The second-order valence-corrected chi connectivity index (χ2v) is 2.60. The zero-order valence-electron chi connectivity index (χ0n) is 7.39. The second-order valence-electron chi connectivity index (χ2n) is 2.60. The van der Waals surface area contributed by atoms with Crippen molar-refractivity contribution >= 4 is 17.6 Å². The van der Waals surface area contributed by atoms with Crippen molar-refractivity contribution in [3.8, 4) is 11.8 Å². The number of nitrogens with zero attached hydrogens (tertiary/aromatic N) is 1. The highest BCUT2D eigenvalue weighted by Gasteiger charge is 2.13. The molecule has 0 radical (unpaired) electrons. The minimum atomic E-state index is -1.67. The van der Waals surface area contributed by atoms with Crippen molar-refractivity contribution in [2.45, 2.75) is 0 Å². The summed E-state index contributed by atoms with van der Waals surface area (Å²) in [4.78, 5) is 21.0. The van der Waals surface area contributed by atoms with Gasteiger partial charge in [0.05, 0.1) is 17.3 Å². The van der Waals surface area contributed by atoms with Crippen LogP contribution in [0.4, 0.5) is 5.69 Å². The number of amides is 1. The molecule has 76 valence electrons. The molecular formula is C9H6N2O4. The number of carbonyl (C=O) groups is 2. The van der Waals surface area contributed by atoms with Crippen LogP contribution in [0.3, 0.4) is 0 Å². The van der Waals surface area contributed by atoms with E-state index in [0.717, 1.165) is 0 Å². The fourth-order valence-electron chi connectivity index (χ4n) is 0.881. The lowest BCUT2D eigenvalue weighted by molar-refractivity contribution is -0.147. The van der Waals surface area contributed by atoms with E-state index < -0.39 is 11.9 Å². The number of carbonyl (C=O) groups excluding carboxylic acids is 1. The molecule has 6 heteroatoms. The Morgan fingerprint density at radius 1 is 1.40 bits per heavy atom. The Kier molecular flexibility index (Phi) is 2.88. The number of nitrogens with one attached hydrogen (secondary N) is 1. The van der Waals surface area contributed by atoms with E-state index in [1.54, 1.807) is 6.07 Å². The molecule has 15 heavy (non-hydrogen) atoms. The fourth-order valence-corrected chi connectivity index (χ4v) is 0.881. The Morgan fingerprint density at radius 2 is 2.07 bits per heavy atom. The van der Waals surface area contributed by atoms with E-state index in [9.17, 15) is 14.7 Å². The monoisotopic (exact) mass is 206 g/mol. The molecule has 0 atom stereocenters. The molecule has 3 N–H and O–H groups in total. The van der Waals surface area contributed by atoms with Gasteiger partial charge >= 0.3 is 11.9 Å². The highest BCUT2D eigenvalue weighted by molar-refractivity contribution is 6.36. The number of anilines is 1. The van der Waals surface area contributed by atoms with Crippen LogP contribution in [0.15, 0.2) is 18.2 Å². The third-order valence-electron chi connectivity index (χ3n) is 1.57. The smallest absolute Gasteiger partial charge is 0.394 e. The van der Waals surface area contributed by atoms with Crippen LogP contribution < -0.4 is 5.32 Å². The molecule has 0 aliphatic rings. The number of phenols is 1. The maximum Gasteiger partial charge on any atom is 0.394 e. The summed E-state index contributed by atoms with van der Waals surface area (Å²) in [6.07, 6.45) is 0. The first-order valence-electron chi connectivity index (χ1n) is 3.82. The predicted molar refractivity (Wildman–Crippen MR) is 49.1 cm³/mol. The van der Waals surface area contributed by atoms with Crippen LogP contribution in [-0.2, 0) is 9.59 Å². The molecule has 0 aliphatic carbocycles. The molecule has 1 aromatic carbocycles. The minimum Gasteiger partial charge on any atom is -0.506 e. The van der Waals surface area contributed by atoms with Crippen LogP contribution in [-0.4, -0.2) is 22.1 Å². The van der Waals surface area contributed by atoms with Gasteiger partial charge < -0.3 is 15.5 Å². The highest BCUT2D eigenvalue weighted by atomic mass is 16.4. The molecule has 1 rings (SSSR count). The Bertz CT molecular complexity index is 462. The number of hydrogen-bond donors (Lipinski definition) is 3. The second kappa shape index (κ2) is 4.11. The zero-order valence-corrected chi connectivity index (χ0v) is 7.39. The van der Waals surface area contributed by atoms with Crippen molar-refractivity contribution in [3.05, 3.63) is 23.8 Å². The van der Waals surface area contributed by atoms with E-state index in [0.29, 0.717) is 0 Å². The van der Waals surface area contributed by atoms with Gasteiger partial charge in [-0.05, 0) is 18.2 Å². The highest BCUT2D eigenvalue weighted by Crippen LogP contribution is 2.23. The molecule has 1 aromatic rings. The van der Waals surface area contributed by atoms with Crippen molar-refractivity contribution in [3.63, 3.8) is 0 Å². The van der Waals surface area contributed by atoms with E-state index in [1.807, 2.05) is 5.32 Å². The van der Waals surface area contributed by atoms with Gasteiger partial charge in [-0.1, -0.05) is 0 Å². The van der Waals surface area contributed by atoms with Gasteiger partial charge in [0.15, 0.2) is 0 Å². The summed E-state index contributed by atoms with van der Waals surface area (Å²) in [5, 5.41) is 28.0. The molecule has 0 spiro atoms. The third kappa shape index (κ3) is 2.45. The normalized spacial score (nSPS) is 9.00. The lowest BCUT2D eigenvalue weighted by Gasteiger charge is -2.04. The van der Waals surface area contributed by atoms with Crippen molar-refractivity contribution in [1.82, 2.24) is 0 Å². The Hall–Kier alpha value is -2.55. The summed E-state index contributed by atoms with van der Waals surface area (Å²) < 4.78 is 0. The number of nitriles is 1. The van der Waals surface area contributed by atoms with E-state index in [2.05, 4.69) is 0 Å². The molecule has 0 saturated heterocycles. The van der Waals surface area contributed by atoms with Crippen LogP contribution in [0.5, 0.6) is 5.75 Å². The Labute approximate surface area is 84.4 Å². The molecule has 0 bridgehead atoms. The first-order chi connectivity index (χ1) is 7.04. The van der Waals surface area contributed by atoms with Crippen LogP contribution in [0.1, 0.15) is 5.56 Å². The van der Waals surface area contributed by atoms with E-state index in [-0.39, 0.29) is 17.0 Å². The van der Waals surface area contributed by atoms with Gasteiger partial charge in [-0.2, -0.15) is 5.26 Å². The molecule has 0 fully saturated rings. The third-order valence-corrected chi connectivity index (χ3v) is 1.57. The van der Waals surface area contributed by atoms with Gasteiger partial charge in [0.25, 0.3) is 0 Å². The average Bonchev–Trinajstić information content (AvgIpc) is 2.21. The quantitative estimate of drug-likeness (QED) is 0.451. The lowest BCUT2D eigenvalue weighted by atomic mass is 10.2. The summed E-state index contributed by atoms with van der Waals surface area (Å²) >= 11 is 0. The van der Waals surface area contributed by atoms with Crippen LogP contribution in [0.25, 0.3) is 0 Å². The molecule has 1 amide bonds. The summed E-state index contributed by atoms with van der Waals surface area (Å²) in [6.45, 7) is 0. The lowest BCUT2D eigenvalue weighted by Crippen LogP contribution is -2.21. The largest absolute Gasteiger partial charge is 0.506 e. The van der Waals surface area contributed by atoms with E-state index in [4.69, 9.17) is 10.4 Å². The van der Waals surface area contributed by atoms with Crippen LogP contribution in [0, 0.1) is 11.3 Å². The van der Waals surface area contributed by atoms with Crippen molar-refractivity contribution in [2.75, 3.05) is 5.32 Å². The van der Waals surface area contributed by atoms with Crippen LogP contribution in [0.2, 0.25) is 0 Å². The van der Waals surface area contributed by atoms with Crippen LogP contribution >= 0.6 is 0 Å². The SMILES string of the molecule is N#Cc1ccc(O)c(NC(=O)C(=O)O)c1. The Morgan fingerprint density at radius 3 is 2.60 bits per heavy atom. The average molecular weight is 206 g/mol. The maximum absolute atomic E-state index is 10.8. The standard InChI is InChI=1S/C9H6N2O4/c10-4-5-1-2-7(12)6(3-5)11-8(13)9(14)15/h1-3,12H,(H,11,13)(H,14,15). The summed E-state index contributed by atoms with van der Waals surface area (Å²) in [7, 11) is 0. The van der Waals surface area contributed by atoms with Gasteiger partial charge in [-0.3, -0.25) is 4.79 Å². The van der Waals surface area contributed by atoms with E-state index in [1.165, 1.54) is 18.2 Å². The number of benzene rings is 1. The molecule has 0 saturated carbocycles. The van der Waals surface area contributed by atoms with Gasteiger partial charge in [-0.25, -0.2) is 4.79 Å². The number of rotatable bonds is 1. The first kappa shape index (κ1) is 10.5. The van der Waals surface area contributed by atoms with Gasteiger partial charge in [0.1, 0.15) is 5.75 Å². The topological polar surface area (TPSA) is 110 Å². The number of aliphatic carboxylic acids is 1. The van der Waals surface area contributed by atoms with Gasteiger partial charge in [0.2, 0.25) is 0 Å². The molecule has 0 heterocycles. The van der Waals surface area contributed by atoms with Crippen molar-refractivity contribution in [1.29, 1.82) is 5.26 Å². The summed E-state index contributed by atoms with van der Waals surface area (Å²) in [5.74, 6) is -3.25. The molecule has 0 aromatic heterocycles. The Balaban J connectivity index is 2.99. The predicted octanol–water partition coefficient (Wildman–Crippen LogP) is 0.287. The number of carboxylic acid groups (broad SMARTS) is 1. The number of carboxylic acids is 1. The fraction of sp³-hybridized carbons (Fsp3) is 0. The summed E-state index contributed by atoms with van der Waals surface area (Å²) in [6, 6.07) is 5.49. The molecule has 0 unspecified atom stereocenters. The number of aromatic hydroxyl groups is 1. The first-order valence-corrected chi connectivity index (χ1v) is 3.82. The zero-order chi connectivity index (χ0) is 11.4. The molecule has 6 nitrogen and oxygen atoms in total. The van der Waals surface area contributed by atoms with Crippen molar-refractivity contribution < 1.29 is 19.8 Å². The van der Waals surface area contributed by atoms with Gasteiger partial charge in [-0.15, -0.1) is 0 Å². The van der Waals surface area contributed by atoms with E-state index >= 15 is 0 Å². The summed E-state index contributed by atoms with van der Waals surface area (Å²) in [5.41, 5.74) is 0.0925. The number of hydrogen-bond acceptors (Lipinski definition) is 4. The minimum absolute atomic E-state index is 0.110. The van der Waals surface area contributed by atoms with Gasteiger partial charge in [0, 0.05) is 0 Å². The maximum atomic E-state index is 10.8.